The highest BCUT2D eigenvalue weighted by Gasteiger charge is 2.17. The summed E-state index contributed by atoms with van der Waals surface area (Å²) < 4.78 is 14.6. The average Bonchev–Trinajstić information content (AvgIpc) is 2.51. The summed E-state index contributed by atoms with van der Waals surface area (Å²) in [4.78, 5) is 22.8. The topological polar surface area (TPSA) is 94.1 Å². The first-order valence-electron chi connectivity index (χ1n) is 6.25. The predicted molar refractivity (Wildman–Crippen MR) is 74.3 cm³/mol. The van der Waals surface area contributed by atoms with Crippen molar-refractivity contribution in [3.8, 4) is 11.5 Å². The van der Waals surface area contributed by atoms with Gasteiger partial charge in [0.2, 0.25) is 5.91 Å². The fraction of sp³-hybridized carbons (Fsp3) is 0.429. The zero-order valence-corrected chi connectivity index (χ0v) is 12.2. The van der Waals surface area contributed by atoms with E-state index < -0.39 is 12.1 Å². The van der Waals surface area contributed by atoms with Gasteiger partial charge in [-0.3, -0.25) is 4.79 Å². The van der Waals surface area contributed by atoms with Gasteiger partial charge in [0.25, 0.3) is 0 Å². The van der Waals surface area contributed by atoms with Crippen molar-refractivity contribution in [2.45, 2.75) is 12.5 Å². The Morgan fingerprint density at radius 3 is 2.52 bits per heavy atom. The van der Waals surface area contributed by atoms with Crippen LogP contribution in [-0.4, -0.2) is 51.0 Å². The van der Waals surface area contributed by atoms with Gasteiger partial charge in [0.05, 0.1) is 34.3 Å². The van der Waals surface area contributed by atoms with Crippen LogP contribution in [0.4, 0.5) is 0 Å². The molecule has 0 saturated carbocycles. The number of nitrogens with one attached hydrogen (secondary N) is 1. The molecule has 7 heteroatoms. The van der Waals surface area contributed by atoms with Crippen LogP contribution in [-0.2, 0) is 20.7 Å². The number of hydrogen-bond acceptors (Lipinski definition) is 6. The van der Waals surface area contributed by atoms with Gasteiger partial charge in [-0.05, 0) is 6.07 Å². The van der Waals surface area contributed by atoms with Crippen molar-refractivity contribution in [2.75, 3.05) is 27.9 Å². The molecule has 0 aromatic heterocycles. The smallest absolute Gasteiger partial charge is 0.336 e. The molecular formula is C14H19NO6. The van der Waals surface area contributed by atoms with Gasteiger partial charge >= 0.3 is 5.97 Å². The molecule has 0 heterocycles. The number of hydrogen-bond donors (Lipinski definition) is 2. The second-order valence-corrected chi connectivity index (χ2v) is 4.20. The molecule has 2 N–H and O–H groups in total. The lowest BCUT2D eigenvalue weighted by atomic mass is 10.1. The first-order chi connectivity index (χ1) is 10.0. The molecule has 1 atom stereocenters. The Morgan fingerprint density at radius 2 is 1.95 bits per heavy atom. The van der Waals surface area contributed by atoms with Crippen LogP contribution in [0.15, 0.2) is 18.2 Å². The second kappa shape index (κ2) is 8.11. The number of ether oxygens (including phenoxy) is 3. The summed E-state index contributed by atoms with van der Waals surface area (Å²) in [7, 11) is 4.20. The predicted octanol–water partition coefficient (Wildman–Crippen LogP) is -0.104. The number of carbonyl (C=O) groups excluding carboxylic acids is 2. The number of rotatable bonds is 7. The molecule has 1 amide bonds. The molecule has 0 bridgehead atoms. The minimum atomic E-state index is -1.38. The van der Waals surface area contributed by atoms with E-state index in [2.05, 4.69) is 10.1 Å². The van der Waals surface area contributed by atoms with Crippen LogP contribution >= 0.6 is 0 Å². The number of aliphatic hydroxyl groups is 1. The Bertz CT molecular complexity index is 502. The monoisotopic (exact) mass is 297 g/mol. The molecule has 0 spiro atoms. The highest BCUT2D eigenvalue weighted by atomic mass is 16.5. The molecule has 1 rings (SSSR count). The van der Waals surface area contributed by atoms with Gasteiger partial charge in [-0.15, -0.1) is 0 Å². The number of amides is 1. The van der Waals surface area contributed by atoms with Gasteiger partial charge in [0.15, 0.2) is 6.10 Å². The summed E-state index contributed by atoms with van der Waals surface area (Å²) in [5.41, 5.74) is 0.670. The maximum absolute atomic E-state index is 11.8. The summed E-state index contributed by atoms with van der Waals surface area (Å²) in [5.74, 6) is 0.00823. The highest BCUT2D eigenvalue weighted by molar-refractivity contribution is 5.81. The Labute approximate surface area is 122 Å². The van der Waals surface area contributed by atoms with Crippen LogP contribution in [0.1, 0.15) is 5.56 Å². The summed E-state index contributed by atoms with van der Waals surface area (Å²) >= 11 is 0. The number of aliphatic hydroxyl groups excluding tert-OH is 1. The van der Waals surface area contributed by atoms with Crippen molar-refractivity contribution in [3.05, 3.63) is 23.8 Å². The second-order valence-electron chi connectivity index (χ2n) is 4.20. The summed E-state index contributed by atoms with van der Waals surface area (Å²) in [6.07, 6.45) is -1.32. The van der Waals surface area contributed by atoms with Gasteiger partial charge in [-0.25, -0.2) is 4.79 Å². The molecule has 21 heavy (non-hydrogen) atoms. The van der Waals surface area contributed by atoms with E-state index in [4.69, 9.17) is 9.47 Å². The normalized spacial score (nSPS) is 11.4. The molecule has 116 valence electrons. The first kappa shape index (κ1) is 16.8. The van der Waals surface area contributed by atoms with E-state index in [-0.39, 0.29) is 18.9 Å². The fourth-order valence-electron chi connectivity index (χ4n) is 1.66. The van der Waals surface area contributed by atoms with Crippen LogP contribution in [0.25, 0.3) is 0 Å². The molecular weight excluding hydrogens is 278 g/mol. The van der Waals surface area contributed by atoms with Crippen molar-refractivity contribution in [1.29, 1.82) is 0 Å². The van der Waals surface area contributed by atoms with Gasteiger partial charge in [0.1, 0.15) is 11.5 Å². The van der Waals surface area contributed by atoms with E-state index in [9.17, 15) is 14.7 Å². The lowest BCUT2D eigenvalue weighted by Gasteiger charge is -2.12. The molecule has 0 radical (unpaired) electrons. The fourth-order valence-corrected chi connectivity index (χ4v) is 1.66. The van der Waals surface area contributed by atoms with E-state index >= 15 is 0 Å². The van der Waals surface area contributed by atoms with E-state index in [0.29, 0.717) is 17.1 Å². The van der Waals surface area contributed by atoms with Gasteiger partial charge in [-0.1, -0.05) is 6.07 Å². The minimum Gasteiger partial charge on any atom is -0.497 e. The molecule has 7 nitrogen and oxygen atoms in total. The zero-order valence-electron chi connectivity index (χ0n) is 12.2. The molecule has 0 aliphatic carbocycles. The number of esters is 1. The standard InChI is InChI=1S/C14H19NO6/c1-19-10-5-4-9(12(7-10)20-2)6-13(17)15-8-11(16)14(18)21-3/h4-5,7,11,16H,6,8H2,1-3H3,(H,15,17). The Hall–Kier alpha value is -2.28. The van der Waals surface area contributed by atoms with Gasteiger partial charge in [-0.2, -0.15) is 0 Å². The van der Waals surface area contributed by atoms with E-state index in [1.165, 1.54) is 14.2 Å². The van der Waals surface area contributed by atoms with Crippen LogP contribution in [0.5, 0.6) is 11.5 Å². The van der Waals surface area contributed by atoms with Crippen LogP contribution in [0.3, 0.4) is 0 Å². The van der Waals surface area contributed by atoms with Crippen LogP contribution in [0, 0.1) is 0 Å². The summed E-state index contributed by atoms with van der Waals surface area (Å²) in [6, 6.07) is 5.11. The maximum Gasteiger partial charge on any atom is 0.336 e. The molecule has 1 unspecified atom stereocenters. The first-order valence-corrected chi connectivity index (χ1v) is 6.25. The molecule has 0 saturated heterocycles. The summed E-state index contributed by atoms with van der Waals surface area (Å²) in [6.45, 7) is -0.204. The highest BCUT2D eigenvalue weighted by Crippen LogP contribution is 2.24. The third kappa shape index (κ3) is 4.96. The van der Waals surface area contributed by atoms with E-state index in [1.807, 2.05) is 0 Å². The lowest BCUT2D eigenvalue weighted by molar-refractivity contribution is -0.150. The Balaban J connectivity index is 2.60. The van der Waals surface area contributed by atoms with E-state index in [1.54, 1.807) is 18.2 Å². The van der Waals surface area contributed by atoms with Gasteiger partial charge < -0.3 is 24.6 Å². The summed E-state index contributed by atoms with van der Waals surface area (Å²) in [5, 5.41) is 11.8. The Morgan fingerprint density at radius 1 is 1.24 bits per heavy atom. The molecule has 0 aliphatic heterocycles. The molecule has 1 aromatic rings. The van der Waals surface area contributed by atoms with Crippen molar-refractivity contribution in [3.63, 3.8) is 0 Å². The third-order valence-electron chi connectivity index (χ3n) is 2.81. The lowest BCUT2D eigenvalue weighted by Crippen LogP contribution is -2.37. The molecule has 0 fully saturated rings. The molecule has 1 aromatic carbocycles. The van der Waals surface area contributed by atoms with Crippen LogP contribution < -0.4 is 14.8 Å². The van der Waals surface area contributed by atoms with Crippen molar-refractivity contribution < 1.29 is 28.9 Å². The molecule has 0 aliphatic rings. The number of methoxy groups -OCH3 is 3. The van der Waals surface area contributed by atoms with Crippen molar-refractivity contribution >= 4 is 11.9 Å². The maximum atomic E-state index is 11.8. The number of benzene rings is 1. The Kier molecular flexibility index (Phi) is 6.48. The average molecular weight is 297 g/mol. The minimum absolute atomic E-state index is 0.0566. The third-order valence-corrected chi connectivity index (χ3v) is 2.81. The van der Waals surface area contributed by atoms with Gasteiger partial charge in [0, 0.05) is 11.6 Å². The quantitative estimate of drug-likeness (QED) is 0.682. The van der Waals surface area contributed by atoms with E-state index in [0.717, 1.165) is 7.11 Å². The SMILES string of the molecule is COC(=O)C(O)CNC(=O)Cc1ccc(OC)cc1OC. The zero-order chi connectivity index (χ0) is 15.8. The van der Waals surface area contributed by atoms with Crippen molar-refractivity contribution in [2.24, 2.45) is 0 Å². The largest absolute Gasteiger partial charge is 0.497 e. The van der Waals surface area contributed by atoms with Crippen molar-refractivity contribution in [1.82, 2.24) is 5.32 Å². The van der Waals surface area contributed by atoms with Crippen LogP contribution in [0.2, 0.25) is 0 Å². The number of carbonyl (C=O) groups is 2.